The number of benzene rings is 1. The second-order valence-electron chi connectivity index (χ2n) is 7.55. The second-order valence-corrected chi connectivity index (χ2v) is 7.55. The van der Waals surface area contributed by atoms with Crippen LogP contribution >= 0.6 is 0 Å². The fourth-order valence-electron chi connectivity index (χ4n) is 3.90. The van der Waals surface area contributed by atoms with E-state index in [4.69, 9.17) is 9.47 Å². The van der Waals surface area contributed by atoms with Gasteiger partial charge < -0.3 is 14.8 Å². The van der Waals surface area contributed by atoms with Gasteiger partial charge >= 0.3 is 12.1 Å². The molecule has 0 aliphatic carbocycles. The van der Waals surface area contributed by atoms with Crippen LogP contribution in [0.25, 0.3) is 0 Å². The van der Waals surface area contributed by atoms with Gasteiger partial charge in [-0.15, -0.1) is 0 Å². The third-order valence-electron chi connectivity index (χ3n) is 5.37. The molecule has 11 heteroatoms. The monoisotopic (exact) mass is 460 g/mol. The van der Waals surface area contributed by atoms with Crippen LogP contribution in [0.15, 0.2) is 67.0 Å². The zero-order valence-corrected chi connectivity index (χ0v) is 17.8. The molecule has 3 aromatic rings. The maximum absolute atomic E-state index is 13.1. The predicted molar refractivity (Wildman–Crippen MR) is 121 cm³/mol. The molecule has 2 aliphatic heterocycles. The van der Waals surface area contributed by atoms with Crippen molar-refractivity contribution < 1.29 is 23.9 Å². The average molecular weight is 460 g/mol. The Balaban J connectivity index is 1.25. The molecular weight excluding hydrogens is 440 g/mol. The van der Waals surface area contributed by atoms with Crippen LogP contribution in [-0.2, 0) is 9.47 Å². The van der Waals surface area contributed by atoms with E-state index in [9.17, 15) is 14.4 Å². The van der Waals surface area contributed by atoms with E-state index in [1.54, 1.807) is 67.0 Å². The number of carbonyl (C=O) groups is 3. The third kappa shape index (κ3) is 4.24. The van der Waals surface area contributed by atoms with E-state index in [-0.39, 0.29) is 19.1 Å². The first kappa shape index (κ1) is 21.3. The van der Waals surface area contributed by atoms with Crippen molar-refractivity contribution in [1.29, 1.82) is 0 Å². The SMILES string of the molecule is O=C(Nc1ccccn1)Nc1cccc2c1C1OCC(COC(=O)Nc3ccccn3)N1C2=O. The summed E-state index contributed by atoms with van der Waals surface area (Å²) in [5.74, 6) is 0.492. The maximum atomic E-state index is 13.1. The van der Waals surface area contributed by atoms with Crippen LogP contribution in [-0.4, -0.2) is 52.2 Å². The smallest absolute Gasteiger partial charge is 0.412 e. The van der Waals surface area contributed by atoms with Crippen molar-refractivity contribution >= 4 is 35.4 Å². The first-order chi connectivity index (χ1) is 16.6. The van der Waals surface area contributed by atoms with Gasteiger partial charge in [-0.05, 0) is 36.4 Å². The van der Waals surface area contributed by atoms with Crippen molar-refractivity contribution in [2.75, 3.05) is 29.2 Å². The number of ether oxygens (including phenoxy) is 2. The molecule has 3 N–H and O–H groups in total. The quantitative estimate of drug-likeness (QED) is 0.532. The number of carbonyl (C=O) groups excluding carboxylic acids is 3. The number of rotatable bonds is 5. The summed E-state index contributed by atoms with van der Waals surface area (Å²) in [5.41, 5.74) is 1.42. The number of urea groups is 1. The molecule has 5 rings (SSSR count). The van der Waals surface area contributed by atoms with Crippen molar-refractivity contribution in [3.05, 3.63) is 78.1 Å². The molecular formula is C23H20N6O5. The van der Waals surface area contributed by atoms with Gasteiger partial charge in [-0.25, -0.2) is 19.6 Å². The number of fused-ring (bicyclic) bond motifs is 3. The lowest BCUT2D eigenvalue weighted by molar-refractivity contribution is 0.0328. The van der Waals surface area contributed by atoms with Gasteiger partial charge in [0.2, 0.25) is 0 Å². The van der Waals surface area contributed by atoms with Crippen molar-refractivity contribution in [3.8, 4) is 0 Å². The minimum atomic E-state index is -0.693. The molecule has 11 nitrogen and oxygen atoms in total. The molecule has 4 heterocycles. The van der Waals surface area contributed by atoms with E-state index >= 15 is 0 Å². The van der Waals surface area contributed by atoms with Crippen LogP contribution in [0.1, 0.15) is 22.1 Å². The zero-order valence-electron chi connectivity index (χ0n) is 17.8. The number of pyridine rings is 2. The molecule has 0 spiro atoms. The van der Waals surface area contributed by atoms with Gasteiger partial charge in [-0.3, -0.25) is 20.3 Å². The first-order valence-electron chi connectivity index (χ1n) is 10.5. The molecule has 1 saturated heterocycles. The fourth-order valence-corrected chi connectivity index (χ4v) is 3.90. The van der Waals surface area contributed by atoms with Gasteiger partial charge in [0.15, 0.2) is 6.23 Å². The Hall–Kier alpha value is -4.51. The molecule has 2 atom stereocenters. The molecule has 1 fully saturated rings. The van der Waals surface area contributed by atoms with Crippen LogP contribution in [0.4, 0.5) is 26.9 Å². The summed E-state index contributed by atoms with van der Waals surface area (Å²) in [5, 5.41) is 7.94. The van der Waals surface area contributed by atoms with E-state index in [0.717, 1.165) is 0 Å². The lowest BCUT2D eigenvalue weighted by atomic mass is 10.1. The molecule has 0 radical (unpaired) electrons. The van der Waals surface area contributed by atoms with Crippen LogP contribution < -0.4 is 16.0 Å². The lowest BCUT2D eigenvalue weighted by Crippen LogP contribution is -2.38. The minimum absolute atomic E-state index is 0.0577. The summed E-state index contributed by atoms with van der Waals surface area (Å²) in [6.07, 6.45) is 1.74. The van der Waals surface area contributed by atoms with Gasteiger partial charge in [0, 0.05) is 23.5 Å². The molecule has 34 heavy (non-hydrogen) atoms. The summed E-state index contributed by atoms with van der Waals surface area (Å²) in [4.78, 5) is 47.3. The highest BCUT2D eigenvalue weighted by molar-refractivity contribution is 6.05. The van der Waals surface area contributed by atoms with Crippen molar-refractivity contribution in [2.45, 2.75) is 12.3 Å². The van der Waals surface area contributed by atoms with Gasteiger partial charge in [0.25, 0.3) is 5.91 Å². The Kier molecular flexibility index (Phi) is 5.75. The van der Waals surface area contributed by atoms with Gasteiger partial charge in [-0.2, -0.15) is 0 Å². The number of nitrogens with zero attached hydrogens (tertiary/aromatic N) is 3. The zero-order chi connectivity index (χ0) is 23.5. The van der Waals surface area contributed by atoms with E-state index in [1.807, 2.05) is 0 Å². The highest BCUT2D eigenvalue weighted by atomic mass is 16.6. The molecule has 2 aliphatic rings. The van der Waals surface area contributed by atoms with Gasteiger partial charge in [0.05, 0.1) is 18.3 Å². The molecule has 4 amide bonds. The number of aromatic nitrogens is 2. The lowest BCUT2D eigenvalue weighted by Gasteiger charge is -2.22. The second kappa shape index (κ2) is 9.16. The topological polar surface area (TPSA) is 135 Å². The molecule has 2 aromatic heterocycles. The van der Waals surface area contributed by atoms with E-state index in [2.05, 4.69) is 25.9 Å². The molecule has 172 valence electrons. The standard InChI is InChI=1S/C23H20N6O5/c30-20-15-6-5-7-16(26-22(31)27-17-8-1-3-10-24-17)19(15)21-29(20)14(12-33-21)13-34-23(32)28-18-9-2-4-11-25-18/h1-11,14,21H,12-13H2,(H,25,28,32)(H2,24,26,27,31). The van der Waals surface area contributed by atoms with Gasteiger partial charge in [-0.1, -0.05) is 18.2 Å². The number of nitrogens with one attached hydrogen (secondary N) is 3. The highest BCUT2D eigenvalue weighted by Gasteiger charge is 2.48. The Bertz CT molecular complexity index is 1220. The summed E-state index contributed by atoms with van der Waals surface area (Å²) in [7, 11) is 0. The van der Waals surface area contributed by atoms with Gasteiger partial charge in [0.1, 0.15) is 18.2 Å². The first-order valence-corrected chi connectivity index (χ1v) is 10.5. The summed E-state index contributed by atoms with van der Waals surface area (Å²) in [6, 6.07) is 14.3. The molecule has 1 aromatic carbocycles. The Labute approximate surface area is 194 Å². The van der Waals surface area contributed by atoms with Crippen LogP contribution in [0.3, 0.4) is 0 Å². The molecule has 0 bridgehead atoms. The number of amides is 4. The summed E-state index contributed by atoms with van der Waals surface area (Å²) in [6.45, 7) is 0.124. The van der Waals surface area contributed by atoms with E-state index < -0.39 is 24.4 Å². The number of hydrogen-bond donors (Lipinski definition) is 3. The highest BCUT2D eigenvalue weighted by Crippen LogP contribution is 2.44. The number of anilines is 3. The Morgan fingerprint density at radius 2 is 1.71 bits per heavy atom. The van der Waals surface area contributed by atoms with E-state index in [0.29, 0.717) is 28.5 Å². The fraction of sp³-hybridized carbons (Fsp3) is 0.174. The van der Waals surface area contributed by atoms with Crippen molar-refractivity contribution in [3.63, 3.8) is 0 Å². The van der Waals surface area contributed by atoms with Crippen molar-refractivity contribution in [1.82, 2.24) is 14.9 Å². The molecule has 2 unspecified atom stereocenters. The summed E-state index contributed by atoms with van der Waals surface area (Å²) >= 11 is 0. The Morgan fingerprint density at radius 1 is 0.971 bits per heavy atom. The summed E-state index contributed by atoms with van der Waals surface area (Å²) < 4.78 is 11.2. The normalized spacial score (nSPS) is 18.1. The number of hydrogen-bond acceptors (Lipinski definition) is 7. The van der Waals surface area contributed by atoms with Crippen molar-refractivity contribution in [2.24, 2.45) is 0 Å². The van der Waals surface area contributed by atoms with Crippen LogP contribution in [0.2, 0.25) is 0 Å². The largest absolute Gasteiger partial charge is 0.447 e. The van der Waals surface area contributed by atoms with Crippen LogP contribution in [0, 0.1) is 0 Å². The molecule has 0 saturated carbocycles. The third-order valence-corrected chi connectivity index (χ3v) is 5.37. The minimum Gasteiger partial charge on any atom is -0.447 e. The average Bonchev–Trinajstić information content (AvgIpc) is 3.38. The Morgan fingerprint density at radius 3 is 2.41 bits per heavy atom. The predicted octanol–water partition coefficient (Wildman–Crippen LogP) is 3.22. The van der Waals surface area contributed by atoms with E-state index in [1.165, 1.54) is 4.90 Å². The maximum Gasteiger partial charge on any atom is 0.412 e. The van der Waals surface area contributed by atoms with Crippen LogP contribution in [0.5, 0.6) is 0 Å².